The Morgan fingerprint density at radius 2 is 1.93 bits per heavy atom. The van der Waals surface area contributed by atoms with Crippen LogP contribution in [0, 0.1) is 11.3 Å². The molecule has 0 spiro atoms. The SMILES string of the molecule is N#CCS(=O)(=O)NCC1(N)CCCCC1. The molecule has 86 valence electrons. The number of nitrogens with zero attached hydrogens (tertiary/aromatic N) is 1. The largest absolute Gasteiger partial charge is 0.324 e. The molecule has 6 heteroatoms. The molecule has 0 aliphatic heterocycles. The summed E-state index contributed by atoms with van der Waals surface area (Å²) in [6, 6.07) is 1.62. The molecule has 0 unspecified atom stereocenters. The van der Waals surface area contributed by atoms with Crippen molar-refractivity contribution in [1.29, 1.82) is 5.26 Å². The van der Waals surface area contributed by atoms with Crippen LogP contribution < -0.4 is 10.5 Å². The summed E-state index contributed by atoms with van der Waals surface area (Å²) >= 11 is 0. The van der Waals surface area contributed by atoms with Gasteiger partial charge in [-0.25, -0.2) is 13.1 Å². The van der Waals surface area contributed by atoms with E-state index in [1.54, 1.807) is 6.07 Å². The molecule has 1 aliphatic carbocycles. The molecule has 3 N–H and O–H groups in total. The van der Waals surface area contributed by atoms with Crippen molar-refractivity contribution in [3.63, 3.8) is 0 Å². The fourth-order valence-corrected chi connectivity index (χ4v) is 2.60. The smallest absolute Gasteiger partial charge is 0.225 e. The normalized spacial score (nSPS) is 20.8. The van der Waals surface area contributed by atoms with Gasteiger partial charge in [0.25, 0.3) is 0 Å². The zero-order valence-corrected chi connectivity index (χ0v) is 9.52. The molecule has 0 bridgehead atoms. The highest BCUT2D eigenvalue weighted by Crippen LogP contribution is 2.25. The van der Waals surface area contributed by atoms with Crippen LogP contribution in [0.2, 0.25) is 0 Å². The van der Waals surface area contributed by atoms with Gasteiger partial charge in [-0.3, -0.25) is 0 Å². The summed E-state index contributed by atoms with van der Waals surface area (Å²) in [6.45, 7) is 0.247. The van der Waals surface area contributed by atoms with Crippen molar-refractivity contribution in [2.75, 3.05) is 12.3 Å². The Balaban J connectivity index is 2.45. The second-order valence-electron chi connectivity index (χ2n) is 4.16. The number of sulfonamides is 1. The lowest BCUT2D eigenvalue weighted by Crippen LogP contribution is -2.51. The third kappa shape index (κ3) is 4.16. The molecular weight excluding hydrogens is 214 g/mol. The van der Waals surface area contributed by atoms with Crippen LogP contribution in [0.25, 0.3) is 0 Å². The molecule has 1 fully saturated rings. The van der Waals surface area contributed by atoms with Crippen LogP contribution in [0.15, 0.2) is 0 Å². The summed E-state index contributed by atoms with van der Waals surface area (Å²) in [5, 5.41) is 8.30. The summed E-state index contributed by atoms with van der Waals surface area (Å²) in [4.78, 5) is 0. The lowest BCUT2D eigenvalue weighted by atomic mass is 9.83. The molecule has 1 saturated carbocycles. The van der Waals surface area contributed by atoms with E-state index in [1.165, 1.54) is 6.42 Å². The van der Waals surface area contributed by atoms with Gasteiger partial charge in [-0.15, -0.1) is 0 Å². The van der Waals surface area contributed by atoms with Crippen LogP contribution >= 0.6 is 0 Å². The monoisotopic (exact) mass is 231 g/mol. The number of hydrogen-bond acceptors (Lipinski definition) is 4. The average molecular weight is 231 g/mol. The van der Waals surface area contributed by atoms with Gasteiger partial charge in [0.15, 0.2) is 5.75 Å². The predicted molar refractivity (Wildman–Crippen MR) is 57.4 cm³/mol. The van der Waals surface area contributed by atoms with E-state index in [4.69, 9.17) is 11.0 Å². The van der Waals surface area contributed by atoms with Gasteiger partial charge < -0.3 is 5.73 Å². The molecule has 5 nitrogen and oxygen atoms in total. The zero-order valence-electron chi connectivity index (χ0n) is 8.70. The topological polar surface area (TPSA) is 96.0 Å². The van der Waals surface area contributed by atoms with Crippen molar-refractivity contribution in [3.8, 4) is 6.07 Å². The van der Waals surface area contributed by atoms with Crippen LogP contribution in [0.5, 0.6) is 0 Å². The highest BCUT2D eigenvalue weighted by atomic mass is 32.2. The lowest BCUT2D eigenvalue weighted by Gasteiger charge is -2.33. The van der Waals surface area contributed by atoms with Crippen molar-refractivity contribution in [2.45, 2.75) is 37.6 Å². The zero-order chi connectivity index (χ0) is 11.4. The van der Waals surface area contributed by atoms with Gasteiger partial charge in [0, 0.05) is 12.1 Å². The third-order valence-electron chi connectivity index (χ3n) is 2.75. The van der Waals surface area contributed by atoms with E-state index in [0.717, 1.165) is 25.7 Å². The molecule has 0 saturated heterocycles. The number of nitrogens with two attached hydrogens (primary N) is 1. The molecule has 0 atom stereocenters. The van der Waals surface area contributed by atoms with E-state index >= 15 is 0 Å². The van der Waals surface area contributed by atoms with E-state index in [-0.39, 0.29) is 6.54 Å². The molecule has 0 aromatic carbocycles. The first-order valence-corrected chi connectivity index (χ1v) is 6.76. The molecule has 0 aromatic heterocycles. The maximum Gasteiger partial charge on any atom is 0.225 e. The Labute approximate surface area is 90.7 Å². The van der Waals surface area contributed by atoms with Crippen LogP contribution in [0.1, 0.15) is 32.1 Å². The summed E-state index contributed by atoms with van der Waals surface area (Å²) in [6.07, 6.45) is 4.97. The standard InChI is InChI=1S/C9H17N3O2S/c10-6-7-15(13,14)12-8-9(11)4-2-1-3-5-9/h12H,1-5,7-8,11H2. The first-order valence-electron chi connectivity index (χ1n) is 5.11. The molecular formula is C9H17N3O2S. The second kappa shape index (κ2) is 4.92. The Hall–Kier alpha value is -0.640. The van der Waals surface area contributed by atoms with Crippen LogP contribution in [0.4, 0.5) is 0 Å². The van der Waals surface area contributed by atoms with E-state index in [0.29, 0.717) is 0 Å². The van der Waals surface area contributed by atoms with Crippen LogP contribution in [-0.4, -0.2) is 26.3 Å². The van der Waals surface area contributed by atoms with E-state index in [1.807, 2.05) is 0 Å². The van der Waals surface area contributed by atoms with E-state index in [9.17, 15) is 8.42 Å². The average Bonchev–Trinajstić information content (AvgIpc) is 2.17. The van der Waals surface area contributed by atoms with Gasteiger partial charge in [-0.05, 0) is 12.8 Å². The third-order valence-corrected chi connectivity index (χ3v) is 3.84. The van der Waals surface area contributed by atoms with Crippen molar-refractivity contribution in [1.82, 2.24) is 4.72 Å². The van der Waals surface area contributed by atoms with Crippen molar-refractivity contribution < 1.29 is 8.42 Å². The van der Waals surface area contributed by atoms with Crippen molar-refractivity contribution in [2.24, 2.45) is 5.73 Å². The molecule has 0 heterocycles. The number of nitriles is 1. The minimum atomic E-state index is -3.46. The van der Waals surface area contributed by atoms with E-state index < -0.39 is 21.3 Å². The highest BCUT2D eigenvalue weighted by molar-refractivity contribution is 7.89. The summed E-state index contributed by atoms with van der Waals surface area (Å²) in [7, 11) is -3.46. The highest BCUT2D eigenvalue weighted by Gasteiger charge is 2.28. The van der Waals surface area contributed by atoms with E-state index in [2.05, 4.69) is 4.72 Å². The molecule has 1 rings (SSSR count). The fourth-order valence-electron chi connectivity index (χ4n) is 1.82. The Kier molecular flexibility index (Phi) is 4.08. The molecule has 0 amide bonds. The van der Waals surface area contributed by atoms with Gasteiger partial charge in [0.05, 0.1) is 6.07 Å². The van der Waals surface area contributed by atoms with Crippen LogP contribution in [0.3, 0.4) is 0 Å². The Morgan fingerprint density at radius 1 is 1.33 bits per heavy atom. The Morgan fingerprint density at radius 3 is 2.47 bits per heavy atom. The summed E-state index contributed by atoms with van der Waals surface area (Å²) < 4.78 is 24.8. The van der Waals surface area contributed by atoms with Gasteiger partial charge in [-0.2, -0.15) is 5.26 Å². The fraction of sp³-hybridized carbons (Fsp3) is 0.889. The van der Waals surface area contributed by atoms with Crippen LogP contribution in [-0.2, 0) is 10.0 Å². The maximum atomic E-state index is 11.2. The summed E-state index contributed by atoms with van der Waals surface area (Å²) in [5.74, 6) is -0.497. The van der Waals surface area contributed by atoms with Gasteiger partial charge in [0.1, 0.15) is 0 Å². The van der Waals surface area contributed by atoms with Gasteiger partial charge in [-0.1, -0.05) is 19.3 Å². The molecule has 1 aliphatic rings. The molecule has 0 aromatic rings. The first kappa shape index (κ1) is 12.4. The minimum absolute atomic E-state index is 0.247. The number of nitrogens with one attached hydrogen (secondary N) is 1. The minimum Gasteiger partial charge on any atom is -0.324 e. The first-order chi connectivity index (χ1) is 6.97. The molecule has 0 radical (unpaired) electrons. The van der Waals surface area contributed by atoms with Gasteiger partial charge in [0.2, 0.25) is 10.0 Å². The molecule has 15 heavy (non-hydrogen) atoms. The number of hydrogen-bond donors (Lipinski definition) is 2. The maximum absolute atomic E-state index is 11.2. The van der Waals surface area contributed by atoms with Crippen molar-refractivity contribution in [3.05, 3.63) is 0 Å². The Bertz CT molecular complexity index is 339. The predicted octanol–water partition coefficient (Wildman–Crippen LogP) is 0.0910. The number of rotatable bonds is 4. The van der Waals surface area contributed by atoms with Gasteiger partial charge >= 0.3 is 0 Å². The summed E-state index contributed by atoms with van der Waals surface area (Å²) in [5.41, 5.74) is 5.64. The second-order valence-corrected chi connectivity index (χ2v) is 5.97. The van der Waals surface area contributed by atoms with Crippen molar-refractivity contribution >= 4 is 10.0 Å². The quantitative estimate of drug-likeness (QED) is 0.716. The lowest BCUT2D eigenvalue weighted by molar-refractivity contribution is 0.296.